The van der Waals surface area contributed by atoms with Gasteiger partial charge in [-0.25, -0.2) is 0 Å². The van der Waals surface area contributed by atoms with Crippen molar-refractivity contribution in [2.75, 3.05) is 18.4 Å². The number of ketones is 1. The summed E-state index contributed by atoms with van der Waals surface area (Å²) in [6.07, 6.45) is 2.35. The molecule has 2 N–H and O–H groups in total. The third-order valence-corrected chi connectivity index (χ3v) is 5.87. The predicted octanol–water partition coefficient (Wildman–Crippen LogP) is 6.07. The van der Waals surface area contributed by atoms with Gasteiger partial charge in [0.2, 0.25) is 0 Å². The summed E-state index contributed by atoms with van der Waals surface area (Å²) in [4.78, 5) is 27.8. The zero-order chi connectivity index (χ0) is 22.5. The Bertz CT molecular complexity index is 1130. The van der Waals surface area contributed by atoms with Crippen molar-refractivity contribution >= 4 is 34.8 Å². The van der Waals surface area contributed by atoms with Gasteiger partial charge >= 0.3 is 0 Å². The first kappa shape index (κ1) is 24.2. The number of carbonyl (C=O) groups is 2. The average molecular weight is 462 g/mol. The molecule has 170 valence electrons. The summed E-state index contributed by atoms with van der Waals surface area (Å²) in [5.41, 5.74) is 3.14. The van der Waals surface area contributed by atoms with Crippen molar-refractivity contribution in [1.82, 2.24) is 4.90 Å². The highest BCUT2D eigenvalue weighted by Gasteiger charge is 2.18. The number of rotatable bonds is 6. The molecule has 0 aliphatic carbocycles. The number of anilines is 1. The first-order valence-corrected chi connectivity index (χ1v) is 11.0. The number of likely N-dealkylation sites (tertiary alicyclic amines) is 1. The summed E-state index contributed by atoms with van der Waals surface area (Å²) in [7, 11) is 0. The molecule has 33 heavy (non-hydrogen) atoms. The minimum atomic E-state index is -0.273. The maximum Gasteiger partial charge on any atom is 0.255 e. The summed E-state index contributed by atoms with van der Waals surface area (Å²) in [5, 5.41) is 11.8. The standard InChI is InChI=1S/C26H24ClN3O2.CH4/c27-21-11-13-22(14-12-21)29-26(32)23-6-2-1-5-20(23)17-24(31)18-7-9-19(10-8-18)25(28)30-15-3-4-16-30;/h1-2,5-14,28H,3-4,15-17H2,(H,29,32);1H4. The van der Waals surface area contributed by atoms with Crippen LogP contribution >= 0.6 is 11.6 Å². The van der Waals surface area contributed by atoms with Gasteiger partial charge < -0.3 is 10.2 Å². The second-order valence-corrected chi connectivity index (χ2v) is 8.27. The number of halogens is 1. The molecule has 1 heterocycles. The number of Topliss-reactive ketones (excluding diaryl/α,β-unsaturated/α-hetero) is 1. The van der Waals surface area contributed by atoms with E-state index < -0.39 is 0 Å². The van der Waals surface area contributed by atoms with Gasteiger partial charge in [-0.05, 0) is 48.7 Å². The van der Waals surface area contributed by atoms with Crippen LogP contribution in [0.2, 0.25) is 5.02 Å². The zero-order valence-electron chi connectivity index (χ0n) is 17.6. The Morgan fingerprint density at radius 1 is 0.879 bits per heavy atom. The molecule has 0 atom stereocenters. The van der Waals surface area contributed by atoms with E-state index in [1.807, 2.05) is 18.2 Å². The molecule has 5 nitrogen and oxygen atoms in total. The van der Waals surface area contributed by atoms with Gasteiger partial charge in [0.25, 0.3) is 5.91 Å². The molecule has 1 amide bonds. The molecule has 0 aromatic heterocycles. The average Bonchev–Trinajstić information content (AvgIpc) is 3.35. The largest absolute Gasteiger partial charge is 0.357 e. The molecule has 0 bridgehead atoms. The normalized spacial score (nSPS) is 12.7. The summed E-state index contributed by atoms with van der Waals surface area (Å²) < 4.78 is 0. The fourth-order valence-corrected chi connectivity index (χ4v) is 3.97. The second kappa shape index (κ2) is 10.9. The molecule has 3 aromatic rings. The van der Waals surface area contributed by atoms with Crippen LogP contribution in [0.15, 0.2) is 72.8 Å². The Morgan fingerprint density at radius 2 is 1.48 bits per heavy atom. The number of hydrogen-bond acceptors (Lipinski definition) is 3. The summed E-state index contributed by atoms with van der Waals surface area (Å²) >= 11 is 5.90. The van der Waals surface area contributed by atoms with E-state index in [9.17, 15) is 9.59 Å². The van der Waals surface area contributed by atoms with E-state index in [1.165, 1.54) is 0 Å². The molecule has 6 heteroatoms. The Hall–Kier alpha value is -3.44. The molecule has 0 spiro atoms. The highest BCUT2D eigenvalue weighted by Crippen LogP contribution is 2.19. The van der Waals surface area contributed by atoms with Crippen molar-refractivity contribution in [2.24, 2.45) is 0 Å². The highest BCUT2D eigenvalue weighted by molar-refractivity contribution is 6.30. The third-order valence-electron chi connectivity index (χ3n) is 5.62. The van der Waals surface area contributed by atoms with Crippen molar-refractivity contribution in [3.8, 4) is 0 Å². The molecule has 1 saturated heterocycles. The molecule has 1 fully saturated rings. The van der Waals surface area contributed by atoms with E-state index in [2.05, 4.69) is 10.2 Å². The van der Waals surface area contributed by atoms with E-state index >= 15 is 0 Å². The van der Waals surface area contributed by atoms with Crippen molar-refractivity contribution < 1.29 is 9.59 Å². The number of nitrogens with one attached hydrogen (secondary N) is 2. The lowest BCUT2D eigenvalue weighted by Gasteiger charge is -2.18. The van der Waals surface area contributed by atoms with Crippen LogP contribution in [0.25, 0.3) is 0 Å². The fourth-order valence-electron chi connectivity index (χ4n) is 3.84. The van der Waals surface area contributed by atoms with Gasteiger partial charge in [-0.2, -0.15) is 0 Å². The van der Waals surface area contributed by atoms with Gasteiger partial charge in [0.15, 0.2) is 5.78 Å². The van der Waals surface area contributed by atoms with Crippen LogP contribution < -0.4 is 5.32 Å². The lowest BCUT2D eigenvalue weighted by atomic mass is 9.97. The molecular formula is C27H28ClN3O2. The van der Waals surface area contributed by atoms with Gasteiger partial charge in [0.1, 0.15) is 5.84 Å². The maximum absolute atomic E-state index is 12.9. The minimum absolute atomic E-state index is 0. The predicted molar refractivity (Wildman–Crippen MR) is 135 cm³/mol. The van der Waals surface area contributed by atoms with E-state index in [1.54, 1.807) is 54.6 Å². The molecule has 3 aromatic carbocycles. The van der Waals surface area contributed by atoms with E-state index in [0.717, 1.165) is 31.5 Å². The van der Waals surface area contributed by atoms with Gasteiger partial charge in [0, 0.05) is 46.9 Å². The number of amidine groups is 1. The van der Waals surface area contributed by atoms with Crippen molar-refractivity contribution in [3.05, 3.63) is 100 Å². The fraction of sp³-hybridized carbons (Fsp3) is 0.222. The summed E-state index contributed by atoms with van der Waals surface area (Å²) in [6.45, 7) is 1.82. The lowest BCUT2D eigenvalue weighted by molar-refractivity contribution is 0.0992. The molecule has 1 aliphatic rings. The van der Waals surface area contributed by atoms with Crippen LogP contribution in [-0.2, 0) is 6.42 Å². The lowest BCUT2D eigenvalue weighted by Crippen LogP contribution is -2.27. The first-order chi connectivity index (χ1) is 15.5. The Balaban J connectivity index is 0.00000306. The SMILES string of the molecule is C.N=C(c1ccc(C(=O)Cc2ccccc2C(=O)Nc2ccc(Cl)cc2)cc1)N1CCCC1. The number of benzene rings is 3. The minimum Gasteiger partial charge on any atom is -0.357 e. The van der Waals surface area contributed by atoms with E-state index in [-0.39, 0.29) is 25.5 Å². The quantitative estimate of drug-likeness (QED) is 0.265. The Morgan fingerprint density at radius 3 is 2.15 bits per heavy atom. The smallest absolute Gasteiger partial charge is 0.255 e. The van der Waals surface area contributed by atoms with Gasteiger partial charge in [-0.3, -0.25) is 15.0 Å². The van der Waals surface area contributed by atoms with Gasteiger partial charge in [-0.15, -0.1) is 0 Å². The number of carbonyl (C=O) groups excluding carboxylic acids is 2. The second-order valence-electron chi connectivity index (χ2n) is 7.84. The molecule has 4 rings (SSSR count). The monoisotopic (exact) mass is 461 g/mol. The van der Waals surface area contributed by atoms with Crippen molar-refractivity contribution in [2.45, 2.75) is 26.7 Å². The zero-order valence-corrected chi connectivity index (χ0v) is 18.4. The van der Waals surface area contributed by atoms with Crippen LogP contribution in [-0.4, -0.2) is 35.5 Å². The van der Waals surface area contributed by atoms with Crippen LogP contribution in [0.4, 0.5) is 5.69 Å². The van der Waals surface area contributed by atoms with E-state index in [4.69, 9.17) is 17.0 Å². The summed E-state index contributed by atoms with van der Waals surface area (Å²) in [5.74, 6) is 0.159. The maximum atomic E-state index is 12.9. The van der Waals surface area contributed by atoms with Crippen LogP contribution in [0.5, 0.6) is 0 Å². The Kier molecular flexibility index (Phi) is 8.01. The number of amides is 1. The van der Waals surface area contributed by atoms with Crippen LogP contribution in [0.3, 0.4) is 0 Å². The first-order valence-electron chi connectivity index (χ1n) is 10.6. The molecule has 0 radical (unpaired) electrons. The molecule has 1 aliphatic heterocycles. The van der Waals surface area contributed by atoms with Crippen molar-refractivity contribution in [3.63, 3.8) is 0 Å². The number of nitrogens with zero attached hydrogens (tertiary/aromatic N) is 1. The highest BCUT2D eigenvalue weighted by atomic mass is 35.5. The molecule has 0 saturated carbocycles. The van der Waals surface area contributed by atoms with Gasteiger partial charge in [0.05, 0.1) is 0 Å². The van der Waals surface area contributed by atoms with Crippen LogP contribution in [0, 0.1) is 5.41 Å². The molecule has 0 unspecified atom stereocenters. The van der Waals surface area contributed by atoms with Gasteiger partial charge in [-0.1, -0.05) is 61.5 Å². The summed E-state index contributed by atoms with van der Waals surface area (Å²) in [6, 6.07) is 21.2. The number of hydrogen-bond donors (Lipinski definition) is 2. The third kappa shape index (κ3) is 5.88. The van der Waals surface area contributed by atoms with Crippen molar-refractivity contribution in [1.29, 1.82) is 5.41 Å². The topological polar surface area (TPSA) is 73.3 Å². The van der Waals surface area contributed by atoms with Crippen LogP contribution in [0.1, 0.15) is 52.1 Å². The molecular weight excluding hydrogens is 434 g/mol. The Labute approximate surface area is 199 Å². The van der Waals surface area contributed by atoms with E-state index in [0.29, 0.717) is 33.2 Å².